The molecule has 1 atom stereocenters. The SMILES string of the molecule is Cc1cc(C)c(C)c(S(=O)(=O)N(C)C(C)CN)c1C.Cl. The van der Waals surface area contributed by atoms with Gasteiger partial charge in [-0.15, -0.1) is 12.4 Å². The summed E-state index contributed by atoms with van der Waals surface area (Å²) in [6.45, 7) is 9.70. The third kappa shape index (κ3) is 3.34. The molecule has 1 aromatic rings. The first-order chi connectivity index (χ1) is 8.64. The molecule has 116 valence electrons. The van der Waals surface area contributed by atoms with E-state index in [-0.39, 0.29) is 18.4 Å². The first kappa shape index (κ1) is 19.4. The first-order valence-electron chi connectivity index (χ1n) is 6.40. The molecule has 0 aliphatic carbocycles. The Kier molecular flexibility index (Phi) is 6.68. The van der Waals surface area contributed by atoms with E-state index in [4.69, 9.17) is 5.73 Å². The van der Waals surface area contributed by atoms with E-state index in [9.17, 15) is 8.42 Å². The van der Waals surface area contributed by atoms with E-state index < -0.39 is 10.0 Å². The predicted molar refractivity (Wildman–Crippen MR) is 86.1 cm³/mol. The molecule has 2 N–H and O–H groups in total. The number of hydrogen-bond donors (Lipinski definition) is 1. The number of halogens is 1. The van der Waals surface area contributed by atoms with Crippen molar-refractivity contribution in [3.05, 3.63) is 28.3 Å². The van der Waals surface area contributed by atoms with Gasteiger partial charge in [-0.25, -0.2) is 8.42 Å². The molecule has 20 heavy (non-hydrogen) atoms. The van der Waals surface area contributed by atoms with Gasteiger partial charge in [0.05, 0.1) is 4.90 Å². The zero-order valence-corrected chi connectivity index (χ0v) is 14.7. The van der Waals surface area contributed by atoms with Crippen LogP contribution >= 0.6 is 12.4 Å². The summed E-state index contributed by atoms with van der Waals surface area (Å²) in [5.41, 5.74) is 9.21. The van der Waals surface area contributed by atoms with Crippen LogP contribution in [0.15, 0.2) is 11.0 Å². The highest BCUT2D eigenvalue weighted by Gasteiger charge is 2.28. The second kappa shape index (κ2) is 6.89. The molecule has 0 radical (unpaired) electrons. The van der Waals surface area contributed by atoms with Gasteiger partial charge in [0.25, 0.3) is 0 Å². The number of benzene rings is 1. The van der Waals surface area contributed by atoms with Crippen LogP contribution in [0.4, 0.5) is 0 Å². The van der Waals surface area contributed by atoms with Gasteiger partial charge in [0, 0.05) is 19.6 Å². The molecule has 1 aromatic carbocycles. The molecule has 0 aromatic heterocycles. The lowest BCUT2D eigenvalue weighted by molar-refractivity contribution is 0.394. The fourth-order valence-corrected chi connectivity index (χ4v) is 4.04. The van der Waals surface area contributed by atoms with Gasteiger partial charge in [0.15, 0.2) is 0 Å². The number of nitrogens with zero attached hydrogens (tertiary/aromatic N) is 1. The second-order valence-corrected chi connectivity index (χ2v) is 7.13. The van der Waals surface area contributed by atoms with E-state index in [1.165, 1.54) is 4.31 Å². The van der Waals surface area contributed by atoms with Gasteiger partial charge in [-0.1, -0.05) is 6.07 Å². The summed E-state index contributed by atoms with van der Waals surface area (Å²) in [4.78, 5) is 0.424. The standard InChI is InChI=1S/C14H24N2O2S.ClH/c1-9-7-10(2)13(5)14(12(9)4)19(17,18)16(6)11(3)8-15;/h7,11H,8,15H2,1-6H3;1H. The molecular formula is C14H25ClN2O2S. The lowest BCUT2D eigenvalue weighted by Crippen LogP contribution is -2.40. The number of rotatable bonds is 4. The zero-order valence-electron chi connectivity index (χ0n) is 13.0. The van der Waals surface area contributed by atoms with E-state index in [1.807, 2.05) is 40.7 Å². The Bertz CT molecular complexity index is 559. The van der Waals surface area contributed by atoms with E-state index >= 15 is 0 Å². The maximum absolute atomic E-state index is 12.7. The average molecular weight is 321 g/mol. The van der Waals surface area contributed by atoms with Crippen LogP contribution in [0.1, 0.15) is 29.2 Å². The Morgan fingerprint density at radius 1 is 1.15 bits per heavy atom. The number of nitrogens with two attached hydrogens (primary N) is 1. The molecule has 0 fully saturated rings. The molecular weight excluding hydrogens is 296 g/mol. The quantitative estimate of drug-likeness (QED) is 0.926. The lowest BCUT2D eigenvalue weighted by atomic mass is 10.0. The third-order valence-electron chi connectivity index (χ3n) is 3.90. The summed E-state index contributed by atoms with van der Waals surface area (Å²) in [5, 5.41) is 0. The van der Waals surface area contributed by atoms with Crippen LogP contribution in [0.5, 0.6) is 0 Å². The summed E-state index contributed by atoms with van der Waals surface area (Å²) < 4.78 is 26.9. The van der Waals surface area contributed by atoms with Gasteiger partial charge in [-0.05, 0) is 56.9 Å². The number of likely N-dealkylation sites (N-methyl/N-ethyl adjacent to an activating group) is 1. The fourth-order valence-electron chi connectivity index (χ4n) is 2.10. The van der Waals surface area contributed by atoms with Crippen molar-refractivity contribution in [2.45, 2.75) is 45.6 Å². The Morgan fingerprint density at radius 3 is 1.90 bits per heavy atom. The van der Waals surface area contributed by atoms with Gasteiger partial charge in [0.2, 0.25) is 10.0 Å². The van der Waals surface area contributed by atoms with Crippen LogP contribution in [0.25, 0.3) is 0 Å². The van der Waals surface area contributed by atoms with Crippen molar-refractivity contribution in [1.82, 2.24) is 4.31 Å². The van der Waals surface area contributed by atoms with Gasteiger partial charge in [-0.2, -0.15) is 4.31 Å². The fraction of sp³-hybridized carbons (Fsp3) is 0.571. The minimum absolute atomic E-state index is 0. The second-order valence-electron chi connectivity index (χ2n) is 5.20. The summed E-state index contributed by atoms with van der Waals surface area (Å²) >= 11 is 0. The molecule has 0 bridgehead atoms. The van der Waals surface area contributed by atoms with E-state index in [2.05, 4.69) is 0 Å². The van der Waals surface area contributed by atoms with Crippen LogP contribution in [-0.4, -0.2) is 32.4 Å². The molecule has 0 aliphatic heterocycles. The molecule has 0 saturated carbocycles. The monoisotopic (exact) mass is 320 g/mol. The van der Waals surface area contributed by atoms with Crippen molar-refractivity contribution in [1.29, 1.82) is 0 Å². The van der Waals surface area contributed by atoms with E-state index in [0.717, 1.165) is 22.3 Å². The number of hydrogen-bond acceptors (Lipinski definition) is 3. The summed E-state index contributed by atoms with van der Waals surface area (Å²) in [6.07, 6.45) is 0. The molecule has 0 spiro atoms. The maximum Gasteiger partial charge on any atom is 0.243 e. The molecule has 4 nitrogen and oxygen atoms in total. The highest BCUT2D eigenvalue weighted by Crippen LogP contribution is 2.28. The number of aryl methyl sites for hydroxylation is 2. The van der Waals surface area contributed by atoms with Gasteiger partial charge >= 0.3 is 0 Å². The first-order valence-corrected chi connectivity index (χ1v) is 7.84. The highest BCUT2D eigenvalue weighted by atomic mass is 35.5. The Labute approximate surface area is 128 Å². The van der Waals surface area contributed by atoms with Crippen molar-refractivity contribution >= 4 is 22.4 Å². The minimum atomic E-state index is -3.50. The molecule has 6 heteroatoms. The van der Waals surface area contributed by atoms with Gasteiger partial charge in [-0.3, -0.25) is 0 Å². The van der Waals surface area contributed by atoms with Gasteiger partial charge in [0.1, 0.15) is 0 Å². The smallest absolute Gasteiger partial charge is 0.243 e. The van der Waals surface area contributed by atoms with Crippen molar-refractivity contribution in [3.63, 3.8) is 0 Å². The van der Waals surface area contributed by atoms with Gasteiger partial charge < -0.3 is 5.73 Å². The molecule has 0 saturated heterocycles. The van der Waals surface area contributed by atoms with Crippen molar-refractivity contribution < 1.29 is 8.42 Å². The van der Waals surface area contributed by atoms with Crippen LogP contribution < -0.4 is 5.73 Å². The van der Waals surface area contributed by atoms with E-state index in [1.54, 1.807) is 7.05 Å². The summed E-state index contributed by atoms with van der Waals surface area (Å²) in [5.74, 6) is 0. The topological polar surface area (TPSA) is 63.4 Å². The Morgan fingerprint density at radius 2 is 1.55 bits per heavy atom. The van der Waals surface area contributed by atoms with E-state index in [0.29, 0.717) is 11.4 Å². The molecule has 1 rings (SSSR count). The Hall–Kier alpha value is -0.620. The number of sulfonamides is 1. The average Bonchev–Trinajstić information content (AvgIpc) is 2.34. The summed E-state index contributed by atoms with van der Waals surface area (Å²) in [6, 6.07) is 1.81. The zero-order chi connectivity index (χ0) is 15.0. The maximum atomic E-state index is 12.7. The molecule has 0 aliphatic rings. The lowest BCUT2D eigenvalue weighted by Gasteiger charge is -2.26. The van der Waals surface area contributed by atoms with Crippen LogP contribution in [-0.2, 0) is 10.0 Å². The normalized spacial score (nSPS) is 13.2. The van der Waals surface area contributed by atoms with Crippen LogP contribution in [0, 0.1) is 27.7 Å². The highest BCUT2D eigenvalue weighted by molar-refractivity contribution is 7.89. The molecule has 0 heterocycles. The molecule has 0 amide bonds. The van der Waals surface area contributed by atoms with Crippen molar-refractivity contribution in [3.8, 4) is 0 Å². The summed E-state index contributed by atoms with van der Waals surface area (Å²) in [7, 11) is -1.92. The third-order valence-corrected chi connectivity index (χ3v) is 6.14. The largest absolute Gasteiger partial charge is 0.329 e. The van der Waals surface area contributed by atoms with Crippen molar-refractivity contribution in [2.75, 3.05) is 13.6 Å². The predicted octanol–water partition coefficient (Wildman–Crippen LogP) is 2.31. The van der Waals surface area contributed by atoms with Crippen LogP contribution in [0.2, 0.25) is 0 Å². The van der Waals surface area contributed by atoms with Crippen molar-refractivity contribution in [2.24, 2.45) is 5.73 Å². The minimum Gasteiger partial charge on any atom is -0.329 e. The van der Waals surface area contributed by atoms with Crippen LogP contribution in [0.3, 0.4) is 0 Å². The Balaban J connectivity index is 0.00000361. The molecule has 1 unspecified atom stereocenters.